The molecule has 2 rings (SSSR count). The van der Waals surface area contributed by atoms with Crippen LogP contribution in [0.1, 0.15) is 26.5 Å². The second-order valence-corrected chi connectivity index (χ2v) is 32.7. The van der Waals surface area contributed by atoms with Gasteiger partial charge in [-0.15, -0.1) is 11.2 Å². The maximum Gasteiger partial charge on any atom is 3.00 e. The fourth-order valence-corrected chi connectivity index (χ4v) is 19.5. The van der Waals surface area contributed by atoms with E-state index in [0.29, 0.717) is 0 Å². The number of benzene rings is 1. The van der Waals surface area contributed by atoms with Gasteiger partial charge < -0.3 is 14.3 Å². The number of para-hydroxylation sites is 1. The van der Waals surface area contributed by atoms with Crippen molar-refractivity contribution >= 4 is 50.1 Å². The van der Waals surface area contributed by atoms with E-state index in [-0.39, 0.29) is 46.4 Å². The molecule has 1 radical (unpaired) electrons. The molecule has 0 unspecified atom stereocenters. The van der Waals surface area contributed by atoms with Crippen molar-refractivity contribution in [2.24, 2.45) is 4.99 Å². The molecule has 1 aromatic carbocycles. The number of aliphatic imine (C=N–C) groups is 1. The first-order valence-electron chi connectivity index (χ1n) is 12.0. The Balaban J connectivity index is 0. The number of hydrogen-bond donors (Lipinski definition) is 0. The van der Waals surface area contributed by atoms with E-state index in [1.54, 1.807) is 0 Å². The zero-order chi connectivity index (χ0) is 26.3. The van der Waals surface area contributed by atoms with Gasteiger partial charge in [0, 0.05) is 6.21 Å². The quantitative estimate of drug-likeness (QED) is 0.233. The number of aromatic nitrogens is 1. The first kappa shape index (κ1) is 36.7. The van der Waals surface area contributed by atoms with Crippen molar-refractivity contribution in [1.29, 1.82) is 0 Å². The van der Waals surface area contributed by atoms with E-state index in [0.717, 1.165) is 11.2 Å². The Hall–Kier alpha value is 0.568. The van der Waals surface area contributed by atoms with Crippen molar-refractivity contribution in [3.05, 3.63) is 45.3 Å². The van der Waals surface area contributed by atoms with Gasteiger partial charge in [-0.1, -0.05) is 142 Å². The second kappa shape index (κ2) is 14.5. The smallest absolute Gasteiger partial charge is 0.668 e. The zero-order valence-electron chi connectivity index (χ0n) is 24.8. The van der Waals surface area contributed by atoms with Crippen LogP contribution in [0.4, 0.5) is 0 Å². The van der Waals surface area contributed by atoms with Gasteiger partial charge in [-0.25, -0.2) is 0 Å². The molecular weight excluding hydrogens is 613 g/mol. The maximum atomic E-state index is 4.82. The molecule has 0 spiro atoms. The van der Waals surface area contributed by atoms with Crippen LogP contribution >= 0.6 is 0 Å². The molecule has 9 heteroatoms. The Labute approximate surface area is 248 Å². The summed E-state index contributed by atoms with van der Waals surface area (Å²) in [5, 5.41) is 1.17. The Morgan fingerprint density at radius 1 is 0.706 bits per heavy atom. The fraction of sp³-hybridized carbons (Fsp3) is 0.640. The molecule has 1 aromatic heterocycles. The Kier molecular flexibility index (Phi) is 15.7. The van der Waals surface area contributed by atoms with E-state index >= 15 is 0 Å². The predicted octanol–water partition coefficient (Wildman–Crippen LogP) is 9.07. The van der Waals surface area contributed by atoms with Crippen LogP contribution in [-0.2, 0) is 0 Å². The van der Waals surface area contributed by atoms with Crippen molar-refractivity contribution in [2.75, 3.05) is 0 Å². The van der Waals surface area contributed by atoms with Gasteiger partial charge in [-0.2, -0.15) is 0 Å². The predicted molar refractivity (Wildman–Crippen MR) is 165 cm³/mol. The van der Waals surface area contributed by atoms with Gasteiger partial charge in [0.1, 0.15) is 0 Å². The molecule has 0 amide bonds. The molecule has 0 N–H and O–H groups in total. The Morgan fingerprint density at radius 2 is 1.09 bits per heavy atom. The average Bonchev–Trinajstić information content (AvgIpc) is 2.89. The topological polar surface area (TPSA) is 54.7 Å². The largest absolute Gasteiger partial charge is 3.00 e. The van der Waals surface area contributed by atoms with Crippen LogP contribution in [0.5, 0.6) is 0 Å². The third kappa shape index (κ3) is 23.0. The molecule has 2 aromatic rings. The summed E-state index contributed by atoms with van der Waals surface area (Å²) in [6, 6.07) is 10.2. The summed E-state index contributed by atoms with van der Waals surface area (Å²) >= 11 is 0. The molecule has 0 aliphatic rings. The zero-order valence-corrected chi connectivity index (χ0v) is 32.0. The van der Waals surface area contributed by atoms with E-state index in [2.05, 4.69) is 121 Å². The number of nitrogens with zero attached hydrogens (tertiary/aromatic N) is 4. The van der Waals surface area contributed by atoms with Crippen molar-refractivity contribution < 1.29 is 40.8 Å². The van der Waals surface area contributed by atoms with E-state index in [1.165, 1.54) is 5.39 Å². The Morgan fingerprint density at radius 3 is 1.38 bits per heavy atom. The van der Waals surface area contributed by atoms with Crippen LogP contribution in [-0.4, -0.2) is 44.7 Å². The standard InChI is InChI=1S/C13H15N2.2C6H18NSi2.Nd/c1-13(2,3)14-9-11-8-10-6-4-5-7-12(10)15-11;2*1-8(2,3)7-9(4,5)6;/h4-9H,1-3H3;2*1-6H3;/q3*-1;+3. The number of hydrogen-bond acceptors (Lipinski definition) is 1. The van der Waals surface area contributed by atoms with E-state index < -0.39 is 32.9 Å². The minimum atomic E-state index is -1.11. The third-order valence-corrected chi connectivity index (χ3v) is 14.1. The second-order valence-electron chi connectivity index (χ2n) is 13.6. The molecule has 0 saturated carbocycles. The first-order chi connectivity index (χ1) is 14.5. The van der Waals surface area contributed by atoms with Crippen LogP contribution < -0.4 is 4.98 Å². The van der Waals surface area contributed by atoms with Crippen molar-refractivity contribution in [1.82, 2.24) is 4.98 Å². The summed E-state index contributed by atoms with van der Waals surface area (Å²) in [7, 11) is -4.42. The van der Waals surface area contributed by atoms with Crippen LogP contribution in [0.3, 0.4) is 0 Å². The van der Waals surface area contributed by atoms with Crippen LogP contribution in [0.25, 0.3) is 20.2 Å². The van der Waals surface area contributed by atoms with E-state index in [1.807, 2.05) is 24.4 Å². The number of rotatable bonds is 5. The van der Waals surface area contributed by atoms with Gasteiger partial charge in [0.25, 0.3) is 0 Å². The molecule has 0 atom stereocenters. The van der Waals surface area contributed by atoms with Crippen LogP contribution in [0, 0.1) is 40.8 Å². The molecule has 0 bridgehead atoms. The summed E-state index contributed by atoms with van der Waals surface area (Å²) in [4.78, 5) is 8.90. The van der Waals surface area contributed by atoms with E-state index in [4.69, 9.17) is 9.30 Å². The molecule has 191 valence electrons. The first-order valence-corrected chi connectivity index (χ1v) is 25.8. The van der Waals surface area contributed by atoms with E-state index in [9.17, 15) is 0 Å². The monoisotopic (exact) mass is 661 g/mol. The molecule has 0 saturated heterocycles. The fourth-order valence-electron chi connectivity index (χ4n) is 3.38. The average molecular weight is 664 g/mol. The Bertz CT molecular complexity index is 779. The molecule has 0 aliphatic heterocycles. The summed E-state index contributed by atoms with van der Waals surface area (Å²) in [6.07, 6.45) is 1.85. The van der Waals surface area contributed by atoms with Gasteiger partial charge in [0.15, 0.2) is 0 Å². The van der Waals surface area contributed by atoms with Gasteiger partial charge in [0.2, 0.25) is 0 Å². The van der Waals surface area contributed by atoms with Gasteiger partial charge in [-0.3, -0.25) is 4.99 Å². The molecule has 0 aliphatic carbocycles. The van der Waals surface area contributed by atoms with Crippen molar-refractivity contribution in [2.45, 2.75) is 105 Å². The van der Waals surface area contributed by atoms with Crippen LogP contribution in [0.15, 0.2) is 35.3 Å². The normalized spacial score (nSPS) is 13.0. The van der Waals surface area contributed by atoms with Crippen molar-refractivity contribution in [3.8, 4) is 0 Å². The molecule has 1 heterocycles. The van der Waals surface area contributed by atoms with Gasteiger partial charge in [0.05, 0.1) is 5.54 Å². The summed E-state index contributed by atoms with van der Waals surface area (Å²) in [5.74, 6) is 0. The van der Waals surface area contributed by atoms with Crippen LogP contribution in [0.2, 0.25) is 78.6 Å². The molecule has 34 heavy (non-hydrogen) atoms. The maximum absolute atomic E-state index is 4.82. The number of fused-ring (bicyclic) bond motifs is 1. The molecule has 4 nitrogen and oxygen atoms in total. The summed E-state index contributed by atoms with van der Waals surface area (Å²) < 4.78 is 9.64. The molecule has 0 fully saturated rings. The minimum absolute atomic E-state index is 0. The SMILES string of the molecule is CC(C)(C)N=Cc1cc2ccccc2[n-]1.C[Si](C)(C)[N-][Si](C)(C)C.C[Si](C)(C)[N-][Si](C)(C)C.[Nd+3]. The third-order valence-electron chi connectivity index (χ3n) is 3.42. The van der Waals surface area contributed by atoms with Gasteiger partial charge >= 0.3 is 40.8 Å². The summed E-state index contributed by atoms with van der Waals surface area (Å²) in [5.41, 5.74) is 1.93. The van der Waals surface area contributed by atoms with Gasteiger partial charge in [-0.05, 0) is 26.2 Å². The van der Waals surface area contributed by atoms with Crippen molar-refractivity contribution in [3.63, 3.8) is 0 Å². The minimum Gasteiger partial charge on any atom is -0.668 e. The summed E-state index contributed by atoms with van der Waals surface area (Å²) in [6.45, 7) is 33.8. The molecular formula is C25H51N4NdSi4.